The quantitative estimate of drug-likeness (QED) is 0.877. The van der Waals surface area contributed by atoms with E-state index in [-0.39, 0.29) is 18.0 Å². The van der Waals surface area contributed by atoms with Crippen molar-refractivity contribution in [3.05, 3.63) is 46.4 Å². The minimum absolute atomic E-state index is 0.0514. The summed E-state index contributed by atoms with van der Waals surface area (Å²) in [5.74, 6) is 0. The summed E-state index contributed by atoms with van der Waals surface area (Å²) in [5, 5.41) is 10.7. The fourth-order valence-corrected chi connectivity index (χ4v) is 3.46. The Bertz CT molecular complexity index is 637. The average Bonchev–Trinajstić information content (AvgIpc) is 2.92. The SMILES string of the molecule is CN(Cc1cscn1)S(=O)(=O)c1ccc(CCO)cc1. The number of aromatic nitrogens is 1. The molecule has 0 saturated heterocycles. The van der Waals surface area contributed by atoms with E-state index < -0.39 is 10.0 Å². The minimum atomic E-state index is -3.51. The molecule has 5 nitrogen and oxygen atoms in total. The van der Waals surface area contributed by atoms with Crippen LogP contribution in [0.2, 0.25) is 0 Å². The summed E-state index contributed by atoms with van der Waals surface area (Å²) in [6, 6.07) is 6.58. The van der Waals surface area contributed by atoms with Gasteiger partial charge in [0.25, 0.3) is 0 Å². The van der Waals surface area contributed by atoms with Crippen molar-refractivity contribution < 1.29 is 13.5 Å². The summed E-state index contributed by atoms with van der Waals surface area (Å²) in [7, 11) is -1.97. The Balaban J connectivity index is 2.16. The zero-order chi connectivity index (χ0) is 14.6. The third kappa shape index (κ3) is 3.43. The van der Waals surface area contributed by atoms with Crippen molar-refractivity contribution in [3.63, 3.8) is 0 Å². The van der Waals surface area contributed by atoms with Crippen LogP contribution in [0.1, 0.15) is 11.3 Å². The number of benzene rings is 1. The highest BCUT2D eigenvalue weighted by molar-refractivity contribution is 7.89. The molecule has 0 aliphatic heterocycles. The smallest absolute Gasteiger partial charge is 0.243 e. The lowest BCUT2D eigenvalue weighted by atomic mass is 10.2. The third-order valence-electron chi connectivity index (χ3n) is 2.90. The second-order valence-corrected chi connectivity index (χ2v) is 7.12. The summed E-state index contributed by atoms with van der Waals surface area (Å²) < 4.78 is 26.0. The van der Waals surface area contributed by atoms with Crippen molar-refractivity contribution in [2.24, 2.45) is 0 Å². The summed E-state index contributed by atoms with van der Waals surface area (Å²) in [6.07, 6.45) is 0.523. The largest absolute Gasteiger partial charge is 0.396 e. The van der Waals surface area contributed by atoms with E-state index in [2.05, 4.69) is 4.98 Å². The van der Waals surface area contributed by atoms with Crippen molar-refractivity contribution in [2.75, 3.05) is 13.7 Å². The van der Waals surface area contributed by atoms with Gasteiger partial charge in [0.1, 0.15) is 0 Å². The summed E-state index contributed by atoms with van der Waals surface area (Å²) in [6.45, 7) is 0.306. The normalized spacial score (nSPS) is 11.9. The topological polar surface area (TPSA) is 70.5 Å². The highest BCUT2D eigenvalue weighted by Crippen LogP contribution is 2.17. The average molecular weight is 312 g/mol. The van der Waals surface area contributed by atoms with Gasteiger partial charge in [-0.05, 0) is 24.1 Å². The van der Waals surface area contributed by atoms with Crippen molar-refractivity contribution in [1.82, 2.24) is 9.29 Å². The third-order valence-corrected chi connectivity index (χ3v) is 5.35. The molecule has 0 amide bonds. The van der Waals surface area contributed by atoms with Gasteiger partial charge in [-0.1, -0.05) is 12.1 Å². The van der Waals surface area contributed by atoms with Crippen LogP contribution in [-0.4, -0.2) is 36.5 Å². The molecule has 0 saturated carbocycles. The molecular weight excluding hydrogens is 296 g/mol. The molecule has 0 aliphatic carbocycles. The van der Waals surface area contributed by atoms with Crippen LogP contribution in [-0.2, 0) is 23.0 Å². The molecule has 7 heteroatoms. The van der Waals surface area contributed by atoms with Gasteiger partial charge in [-0.15, -0.1) is 11.3 Å². The molecule has 2 aromatic rings. The van der Waals surface area contributed by atoms with Crippen molar-refractivity contribution in [1.29, 1.82) is 0 Å². The molecule has 1 heterocycles. The van der Waals surface area contributed by atoms with Crippen LogP contribution in [0.15, 0.2) is 40.1 Å². The molecule has 20 heavy (non-hydrogen) atoms. The van der Waals surface area contributed by atoms with Crippen LogP contribution in [0.25, 0.3) is 0 Å². The van der Waals surface area contributed by atoms with Gasteiger partial charge in [0.2, 0.25) is 10.0 Å². The summed E-state index contributed by atoms with van der Waals surface area (Å²) >= 11 is 1.44. The molecule has 0 radical (unpaired) electrons. The zero-order valence-electron chi connectivity index (χ0n) is 11.1. The highest BCUT2D eigenvalue weighted by Gasteiger charge is 2.21. The number of hydrogen-bond acceptors (Lipinski definition) is 5. The van der Waals surface area contributed by atoms with E-state index in [1.54, 1.807) is 29.8 Å². The van der Waals surface area contributed by atoms with Gasteiger partial charge in [0.15, 0.2) is 0 Å². The molecule has 1 aromatic carbocycles. The summed E-state index contributed by atoms with van der Waals surface area (Å²) in [5.41, 5.74) is 3.33. The number of rotatable bonds is 6. The molecule has 0 unspecified atom stereocenters. The fourth-order valence-electron chi connectivity index (χ4n) is 1.77. The van der Waals surface area contributed by atoms with E-state index in [1.165, 1.54) is 22.7 Å². The molecule has 0 bridgehead atoms. The summed E-state index contributed by atoms with van der Waals surface area (Å²) in [4.78, 5) is 4.33. The van der Waals surface area contributed by atoms with Gasteiger partial charge in [0, 0.05) is 19.0 Å². The molecule has 0 fully saturated rings. The van der Waals surface area contributed by atoms with Crippen LogP contribution in [0.5, 0.6) is 0 Å². The lowest BCUT2D eigenvalue weighted by Crippen LogP contribution is -2.26. The molecule has 2 rings (SSSR count). The van der Waals surface area contributed by atoms with E-state index in [1.807, 2.05) is 5.38 Å². The lowest BCUT2D eigenvalue weighted by Gasteiger charge is -2.16. The highest BCUT2D eigenvalue weighted by atomic mass is 32.2. The van der Waals surface area contributed by atoms with E-state index in [0.717, 1.165) is 11.3 Å². The van der Waals surface area contributed by atoms with Crippen LogP contribution >= 0.6 is 11.3 Å². The Kier molecular flexibility index (Phi) is 4.87. The Labute approximate surface area is 122 Å². The Morgan fingerprint density at radius 3 is 2.55 bits per heavy atom. The van der Waals surface area contributed by atoms with E-state index >= 15 is 0 Å². The van der Waals surface area contributed by atoms with Crippen molar-refractivity contribution >= 4 is 21.4 Å². The predicted octanol–water partition coefficient (Wildman–Crippen LogP) is 1.50. The standard InChI is InChI=1S/C13H16N2O3S2/c1-15(8-12-9-19-10-14-12)20(17,18)13-4-2-11(3-5-13)6-7-16/h2-5,9-10,16H,6-8H2,1H3. The van der Waals surface area contributed by atoms with Crippen LogP contribution < -0.4 is 0 Å². The van der Waals surface area contributed by atoms with Gasteiger partial charge in [-0.3, -0.25) is 0 Å². The zero-order valence-corrected chi connectivity index (χ0v) is 12.7. The monoisotopic (exact) mass is 312 g/mol. The number of thiazole rings is 1. The first-order valence-electron chi connectivity index (χ1n) is 6.07. The van der Waals surface area contributed by atoms with Gasteiger partial charge in [0.05, 0.1) is 22.6 Å². The molecule has 1 N–H and O–H groups in total. The van der Waals surface area contributed by atoms with Crippen LogP contribution in [0.4, 0.5) is 0 Å². The maximum absolute atomic E-state index is 12.4. The van der Waals surface area contributed by atoms with E-state index in [4.69, 9.17) is 5.11 Å². The van der Waals surface area contributed by atoms with Gasteiger partial charge < -0.3 is 5.11 Å². The first-order valence-corrected chi connectivity index (χ1v) is 8.45. The number of nitrogens with zero attached hydrogens (tertiary/aromatic N) is 2. The molecular formula is C13H16N2O3S2. The van der Waals surface area contributed by atoms with Gasteiger partial charge in [-0.2, -0.15) is 4.31 Å². The molecule has 0 spiro atoms. The van der Waals surface area contributed by atoms with E-state index in [0.29, 0.717) is 6.42 Å². The lowest BCUT2D eigenvalue weighted by molar-refractivity contribution is 0.299. The van der Waals surface area contributed by atoms with Crippen LogP contribution in [0, 0.1) is 0 Å². The second kappa shape index (κ2) is 6.45. The first kappa shape index (κ1) is 15.1. The molecule has 1 aromatic heterocycles. The Morgan fingerprint density at radius 1 is 1.30 bits per heavy atom. The number of aliphatic hydroxyl groups is 1. The number of hydrogen-bond donors (Lipinski definition) is 1. The molecule has 108 valence electrons. The maximum Gasteiger partial charge on any atom is 0.243 e. The number of aliphatic hydroxyl groups excluding tert-OH is 1. The predicted molar refractivity (Wildman–Crippen MR) is 78.0 cm³/mol. The molecule has 0 atom stereocenters. The minimum Gasteiger partial charge on any atom is -0.396 e. The Hall–Kier alpha value is -1.28. The van der Waals surface area contributed by atoms with Crippen LogP contribution in [0.3, 0.4) is 0 Å². The van der Waals surface area contributed by atoms with Gasteiger partial charge >= 0.3 is 0 Å². The van der Waals surface area contributed by atoms with Gasteiger partial charge in [-0.25, -0.2) is 13.4 Å². The van der Waals surface area contributed by atoms with Crippen molar-refractivity contribution in [2.45, 2.75) is 17.9 Å². The van der Waals surface area contributed by atoms with Crippen molar-refractivity contribution in [3.8, 4) is 0 Å². The first-order chi connectivity index (χ1) is 9.54. The molecule has 0 aliphatic rings. The Morgan fingerprint density at radius 2 is 2.00 bits per heavy atom. The number of sulfonamides is 1. The second-order valence-electron chi connectivity index (χ2n) is 4.36. The fraction of sp³-hybridized carbons (Fsp3) is 0.308. The maximum atomic E-state index is 12.4. The van der Waals surface area contributed by atoms with E-state index in [9.17, 15) is 8.42 Å².